The van der Waals surface area contributed by atoms with Gasteiger partial charge in [0.15, 0.2) is 0 Å². The molecule has 1 fully saturated rings. The third kappa shape index (κ3) is 9.50. The van der Waals surface area contributed by atoms with Crippen LogP contribution in [0.15, 0.2) is 0 Å². The molecule has 0 saturated heterocycles. The second-order valence-corrected chi connectivity index (χ2v) is 6.55. The maximum atomic E-state index is 12.0. The van der Waals surface area contributed by atoms with Gasteiger partial charge in [0, 0.05) is 13.1 Å². The van der Waals surface area contributed by atoms with Crippen molar-refractivity contribution in [1.29, 1.82) is 0 Å². The van der Waals surface area contributed by atoms with E-state index in [9.17, 15) is 14.4 Å². The maximum Gasteiger partial charge on any atom is 0.317 e. The summed E-state index contributed by atoms with van der Waals surface area (Å²) in [4.78, 5) is 36.2. The fourth-order valence-corrected chi connectivity index (χ4v) is 2.93. The molecule has 3 N–H and O–H groups in total. The first kappa shape index (κ1) is 20.4. The summed E-state index contributed by atoms with van der Waals surface area (Å²) in [5.74, 6) is -0.989. The van der Waals surface area contributed by atoms with Crippen molar-refractivity contribution in [2.24, 2.45) is 5.92 Å². The van der Waals surface area contributed by atoms with E-state index in [4.69, 9.17) is 5.11 Å². The topological polar surface area (TPSA) is 98.7 Å². The van der Waals surface area contributed by atoms with E-state index in [0.717, 1.165) is 25.7 Å². The third-order valence-electron chi connectivity index (χ3n) is 4.26. The molecule has 0 aromatic heterocycles. The summed E-state index contributed by atoms with van der Waals surface area (Å²) in [6.45, 7) is 2.78. The van der Waals surface area contributed by atoms with Crippen LogP contribution in [0.5, 0.6) is 0 Å². The lowest BCUT2D eigenvalue weighted by atomic mass is 9.89. The molecule has 0 atom stereocenters. The first-order valence-electron chi connectivity index (χ1n) is 8.98. The summed E-state index contributed by atoms with van der Waals surface area (Å²) in [5.41, 5.74) is 0. The molecule has 0 heterocycles. The molecule has 1 aliphatic rings. The molecule has 1 rings (SSSR count). The van der Waals surface area contributed by atoms with Crippen LogP contribution in [0, 0.1) is 5.92 Å². The normalized spacial score (nSPS) is 15.2. The number of rotatable bonds is 11. The minimum Gasteiger partial charge on any atom is -0.480 e. The van der Waals surface area contributed by atoms with Crippen LogP contribution in [0.2, 0.25) is 0 Å². The van der Waals surface area contributed by atoms with Gasteiger partial charge in [0.25, 0.3) is 0 Å². The Balaban J connectivity index is 2.35. The molecule has 0 unspecified atom stereocenters. The molecule has 1 saturated carbocycles. The Labute approximate surface area is 144 Å². The monoisotopic (exact) mass is 341 g/mol. The average molecular weight is 341 g/mol. The molecule has 0 radical (unpaired) electrons. The molecule has 0 aromatic carbocycles. The minimum atomic E-state index is -1.04. The molecule has 2 amide bonds. The van der Waals surface area contributed by atoms with Crippen LogP contribution in [0.3, 0.4) is 0 Å². The summed E-state index contributed by atoms with van der Waals surface area (Å²) < 4.78 is 0. The van der Waals surface area contributed by atoms with Gasteiger partial charge in [-0.3, -0.25) is 19.3 Å². The SMILES string of the molecule is CCCCNC(=O)CN(CC(=O)O)CC(=O)NCC1CCCCC1. The summed E-state index contributed by atoms with van der Waals surface area (Å²) in [6.07, 6.45) is 7.82. The molecule has 24 heavy (non-hydrogen) atoms. The fraction of sp³-hybridized carbons (Fsp3) is 0.824. The van der Waals surface area contributed by atoms with Crippen molar-refractivity contribution in [2.45, 2.75) is 51.9 Å². The van der Waals surface area contributed by atoms with Crippen LogP contribution in [-0.4, -0.2) is 60.5 Å². The number of carbonyl (C=O) groups is 3. The molecule has 0 bridgehead atoms. The Hall–Kier alpha value is -1.63. The van der Waals surface area contributed by atoms with Crippen molar-refractivity contribution in [3.05, 3.63) is 0 Å². The quantitative estimate of drug-likeness (QED) is 0.487. The molecule has 0 aromatic rings. The Morgan fingerprint density at radius 3 is 2.21 bits per heavy atom. The number of nitrogens with one attached hydrogen (secondary N) is 2. The second kappa shape index (κ2) is 11.8. The van der Waals surface area contributed by atoms with Crippen molar-refractivity contribution >= 4 is 17.8 Å². The lowest BCUT2D eigenvalue weighted by molar-refractivity contribution is -0.139. The van der Waals surface area contributed by atoms with Gasteiger partial charge in [-0.2, -0.15) is 0 Å². The standard InChI is InChI=1S/C17H31N3O4/c1-2-3-9-18-15(21)11-20(13-17(23)24)12-16(22)19-10-14-7-5-4-6-8-14/h14H,2-13H2,1H3,(H,18,21)(H,19,22)(H,23,24). The number of carboxylic acids is 1. The highest BCUT2D eigenvalue weighted by atomic mass is 16.4. The van der Waals surface area contributed by atoms with Crippen LogP contribution in [0.1, 0.15) is 51.9 Å². The maximum absolute atomic E-state index is 12.0. The molecule has 138 valence electrons. The molecule has 0 aliphatic heterocycles. The van der Waals surface area contributed by atoms with E-state index in [0.29, 0.717) is 19.0 Å². The summed E-state index contributed by atoms with van der Waals surface area (Å²) >= 11 is 0. The van der Waals surface area contributed by atoms with E-state index in [1.54, 1.807) is 0 Å². The summed E-state index contributed by atoms with van der Waals surface area (Å²) in [6, 6.07) is 0. The first-order chi connectivity index (χ1) is 11.5. The Kier molecular flexibility index (Phi) is 10.1. The first-order valence-corrected chi connectivity index (χ1v) is 8.98. The van der Waals surface area contributed by atoms with Crippen molar-refractivity contribution in [2.75, 3.05) is 32.7 Å². The lowest BCUT2D eigenvalue weighted by Crippen LogP contribution is -2.45. The number of unbranched alkanes of at least 4 members (excludes halogenated alkanes) is 1. The van der Waals surface area contributed by atoms with Crippen LogP contribution in [0.4, 0.5) is 0 Å². The Morgan fingerprint density at radius 2 is 1.62 bits per heavy atom. The van der Waals surface area contributed by atoms with E-state index in [1.165, 1.54) is 24.2 Å². The number of hydrogen-bond donors (Lipinski definition) is 3. The number of carbonyl (C=O) groups excluding carboxylic acids is 2. The van der Waals surface area contributed by atoms with Gasteiger partial charge in [0.05, 0.1) is 19.6 Å². The van der Waals surface area contributed by atoms with Gasteiger partial charge < -0.3 is 15.7 Å². The molecule has 7 nitrogen and oxygen atoms in total. The third-order valence-corrected chi connectivity index (χ3v) is 4.26. The number of hydrogen-bond acceptors (Lipinski definition) is 4. The summed E-state index contributed by atoms with van der Waals surface area (Å²) in [7, 11) is 0. The van der Waals surface area contributed by atoms with Crippen LogP contribution >= 0.6 is 0 Å². The van der Waals surface area contributed by atoms with E-state index in [-0.39, 0.29) is 31.4 Å². The van der Waals surface area contributed by atoms with E-state index in [1.807, 2.05) is 6.92 Å². The molecule has 1 aliphatic carbocycles. The predicted molar refractivity (Wildman–Crippen MR) is 91.6 cm³/mol. The number of amides is 2. The minimum absolute atomic E-state index is 0.0692. The Morgan fingerprint density at radius 1 is 1.00 bits per heavy atom. The lowest BCUT2D eigenvalue weighted by Gasteiger charge is -2.23. The number of carboxylic acid groups (broad SMARTS) is 1. The number of aliphatic carboxylic acids is 1. The van der Waals surface area contributed by atoms with Gasteiger partial charge in [0.1, 0.15) is 0 Å². The van der Waals surface area contributed by atoms with Gasteiger partial charge in [-0.1, -0.05) is 32.6 Å². The number of nitrogens with zero attached hydrogens (tertiary/aromatic N) is 1. The van der Waals surface area contributed by atoms with Crippen molar-refractivity contribution in [3.63, 3.8) is 0 Å². The zero-order valence-corrected chi connectivity index (χ0v) is 14.7. The highest BCUT2D eigenvalue weighted by Gasteiger charge is 2.19. The van der Waals surface area contributed by atoms with Gasteiger partial charge in [-0.15, -0.1) is 0 Å². The Bertz CT molecular complexity index is 409. The highest BCUT2D eigenvalue weighted by Crippen LogP contribution is 2.22. The van der Waals surface area contributed by atoms with Crippen LogP contribution in [-0.2, 0) is 14.4 Å². The van der Waals surface area contributed by atoms with Gasteiger partial charge in [0.2, 0.25) is 11.8 Å². The van der Waals surface area contributed by atoms with Crippen LogP contribution < -0.4 is 10.6 Å². The predicted octanol–water partition coefficient (Wildman–Crippen LogP) is 0.986. The van der Waals surface area contributed by atoms with Gasteiger partial charge in [-0.05, 0) is 25.2 Å². The zero-order valence-electron chi connectivity index (χ0n) is 14.7. The van der Waals surface area contributed by atoms with E-state index in [2.05, 4.69) is 10.6 Å². The van der Waals surface area contributed by atoms with E-state index >= 15 is 0 Å². The van der Waals surface area contributed by atoms with Gasteiger partial charge in [-0.25, -0.2) is 0 Å². The smallest absolute Gasteiger partial charge is 0.317 e. The van der Waals surface area contributed by atoms with Crippen molar-refractivity contribution in [3.8, 4) is 0 Å². The molecule has 0 spiro atoms. The largest absolute Gasteiger partial charge is 0.480 e. The molecular weight excluding hydrogens is 310 g/mol. The highest BCUT2D eigenvalue weighted by molar-refractivity contribution is 5.82. The zero-order chi connectivity index (χ0) is 17.8. The molecular formula is C17H31N3O4. The van der Waals surface area contributed by atoms with Crippen molar-refractivity contribution < 1.29 is 19.5 Å². The van der Waals surface area contributed by atoms with Crippen LogP contribution in [0.25, 0.3) is 0 Å². The van der Waals surface area contributed by atoms with Crippen molar-refractivity contribution in [1.82, 2.24) is 15.5 Å². The second-order valence-electron chi connectivity index (χ2n) is 6.55. The molecule has 7 heteroatoms. The van der Waals surface area contributed by atoms with E-state index < -0.39 is 5.97 Å². The summed E-state index contributed by atoms with van der Waals surface area (Å²) in [5, 5.41) is 14.6. The average Bonchev–Trinajstić information content (AvgIpc) is 2.53. The van der Waals surface area contributed by atoms with Gasteiger partial charge >= 0.3 is 5.97 Å². The fourth-order valence-electron chi connectivity index (χ4n) is 2.93.